The van der Waals surface area contributed by atoms with E-state index in [1.807, 2.05) is 44.2 Å². The van der Waals surface area contributed by atoms with Crippen LogP contribution in [-0.2, 0) is 20.8 Å². The molecule has 1 aliphatic rings. The summed E-state index contributed by atoms with van der Waals surface area (Å²) in [6, 6.07) is 8.00. The van der Waals surface area contributed by atoms with Crippen molar-refractivity contribution in [2.45, 2.75) is 71.6 Å². The second-order valence-electron chi connectivity index (χ2n) is 7.43. The van der Waals surface area contributed by atoms with Crippen LogP contribution in [0.2, 0.25) is 0 Å². The molecule has 1 unspecified atom stereocenters. The molecule has 0 aromatic heterocycles. The SMILES string of the molecule is CCC(=C/CCCOCc1ccc(OC)cc1)/C=C/[C@H]1CC=CC(OC(C)C)O1. The highest BCUT2D eigenvalue weighted by molar-refractivity contribution is 5.26. The maximum absolute atomic E-state index is 5.96. The molecule has 0 saturated heterocycles. The molecule has 2 atom stereocenters. The number of allylic oxidation sites excluding steroid dienone is 3. The average Bonchev–Trinajstić information content (AvgIpc) is 2.73. The highest BCUT2D eigenvalue weighted by Gasteiger charge is 2.17. The predicted molar refractivity (Wildman–Crippen MR) is 118 cm³/mol. The van der Waals surface area contributed by atoms with E-state index in [0.29, 0.717) is 6.61 Å². The Labute approximate surface area is 176 Å². The van der Waals surface area contributed by atoms with E-state index in [9.17, 15) is 0 Å². The Kier molecular flexibility index (Phi) is 10.8. The molecule has 1 aromatic carbocycles. The quantitative estimate of drug-likeness (QED) is 0.246. The topological polar surface area (TPSA) is 36.9 Å². The fourth-order valence-corrected chi connectivity index (χ4v) is 3.01. The van der Waals surface area contributed by atoms with Crippen molar-refractivity contribution in [3.05, 3.63) is 65.8 Å². The lowest BCUT2D eigenvalue weighted by atomic mass is 10.1. The molecular formula is C25H36O4. The zero-order valence-electron chi connectivity index (χ0n) is 18.3. The van der Waals surface area contributed by atoms with E-state index in [-0.39, 0.29) is 18.5 Å². The summed E-state index contributed by atoms with van der Waals surface area (Å²) >= 11 is 0. The van der Waals surface area contributed by atoms with Gasteiger partial charge in [0.2, 0.25) is 0 Å². The fraction of sp³-hybridized carbons (Fsp3) is 0.520. The number of methoxy groups -OCH3 is 1. The van der Waals surface area contributed by atoms with Crippen LogP contribution in [0.1, 0.15) is 52.0 Å². The van der Waals surface area contributed by atoms with Gasteiger partial charge in [-0.05, 0) is 63.3 Å². The van der Waals surface area contributed by atoms with Gasteiger partial charge in [0.15, 0.2) is 6.29 Å². The number of unbranched alkanes of at least 4 members (excludes halogenated alkanes) is 1. The van der Waals surface area contributed by atoms with E-state index in [2.05, 4.69) is 31.2 Å². The van der Waals surface area contributed by atoms with Crippen LogP contribution in [0.4, 0.5) is 0 Å². The Balaban J connectivity index is 1.67. The average molecular weight is 401 g/mol. The van der Waals surface area contributed by atoms with Gasteiger partial charge in [-0.15, -0.1) is 0 Å². The first-order valence-electron chi connectivity index (χ1n) is 10.7. The zero-order chi connectivity index (χ0) is 20.9. The molecule has 1 heterocycles. The molecule has 0 bridgehead atoms. The largest absolute Gasteiger partial charge is 0.497 e. The summed E-state index contributed by atoms with van der Waals surface area (Å²) in [5.74, 6) is 0.872. The van der Waals surface area contributed by atoms with Crippen LogP contribution < -0.4 is 4.74 Å². The van der Waals surface area contributed by atoms with E-state index < -0.39 is 0 Å². The molecule has 4 heteroatoms. The van der Waals surface area contributed by atoms with E-state index >= 15 is 0 Å². The van der Waals surface area contributed by atoms with Gasteiger partial charge in [-0.1, -0.05) is 48.9 Å². The van der Waals surface area contributed by atoms with Crippen molar-refractivity contribution < 1.29 is 18.9 Å². The third-order valence-electron chi connectivity index (χ3n) is 4.64. The Morgan fingerprint density at radius 2 is 2.03 bits per heavy atom. The van der Waals surface area contributed by atoms with Crippen LogP contribution in [0, 0.1) is 0 Å². The lowest BCUT2D eigenvalue weighted by Crippen LogP contribution is -2.27. The normalized spacial score (nSPS) is 20.0. The summed E-state index contributed by atoms with van der Waals surface area (Å²) in [5.41, 5.74) is 2.50. The third-order valence-corrected chi connectivity index (χ3v) is 4.64. The van der Waals surface area contributed by atoms with Crippen molar-refractivity contribution >= 4 is 0 Å². The Morgan fingerprint density at radius 1 is 1.24 bits per heavy atom. The monoisotopic (exact) mass is 400 g/mol. The lowest BCUT2D eigenvalue weighted by Gasteiger charge is -2.25. The minimum Gasteiger partial charge on any atom is -0.497 e. The molecule has 0 N–H and O–H groups in total. The maximum atomic E-state index is 5.96. The summed E-state index contributed by atoms with van der Waals surface area (Å²) in [6.07, 6.45) is 14.7. The number of hydrogen-bond donors (Lipinski definition) is 0. The van der Waals surface area contributed by atoms with Crippen molar-refractivity contribution in [2.75, 3.05) is 13.7 Å². The predicted octanol–water partition coefficient (Wildman–Crippen LogP) is 5.98. The Hall–Kier alpha value is -1.88. The van der Waals surface area contributed by atoms with Crippen LogP contribution >= 0.6 is 0 Å². The van der Waals surface area contributed by atoms with Crippen LogP contribution in [-0.4, -0.2) is 32.2 Å². The number of hydrogen-bond acceptors (Lipinski definition) is 4. The molecule has 0 saturated carbocycles. The molecule has 0 aliphatic carbocycles. The van der Waals surface area contributed by atoms with Gasteiger partial charge >= 0.3 is 0 Å². The number of ether oxygens (including phenoxy) is 4. The first-order chi connectivity index (χ1) is 14.1. The molecule has 29 heavy (non-hydrogen) atoms. The van der Waals surface area contributed by atoms with Crippen molar-refractivity contribution in [3.8, 4) is 5.75 Å². The highest BCUT2D eigenvalue weighted by Crippen LogP contribution is 2.17. The molecule has 4 nitrogen and oxygen atoms in total. The minimum absolute atomic E-state index is 0.0755. The summed E-state index contributed by atoms with van der Waals surface area (Å²) < 4.78 is 22.6. The van der Waals surface area contributed by atoms with Gasteiger partial charge in [0.25, 0.3) is 0 Å². The Bertz CT molecular complexity index is 658. The smallest absolute Gasteiger partial charge is 0.177 e. The summed E-state index contributed by atoms with van der Waals surface area (Å²) in [5, 5.41) is 0. The second kappa shape index (κ2) is 13.4. The van der Waals surface area contributed by atoms with E-state index in [4.69, 9.17) is 18.9 Å². The molecule has 0 amide bonds. The molecular weight excluding hydrogens is 364 g/mol. The summed E-state index contributed by atoms with van der Waals surface area (Å²) in [4.78, 5) is 0. The van der Waals surface area contributed by atoms with Crippen LogP contribution in [0.5, 0.6) is 5.75 Å². The van der Waals surface area contributed by atoms with Gasteiger partial charge in [0, 0.05) is 6.61 Å². The van der Waals surface area contributed by atoms with Crippen LogP contribution in [0.25, 0.3) is 0 Å². The summed E-state index contributed by atoms with van der Waals surface area (Å²) in [7, 11) is 1.68. The van der Waals surface area contributed by atoms with Gasteiger partial charge in [0.1, 0.15) is 5.75 Å². The fourth-order valence-electron chi connectivity index (χ4n) is 3.01. The minimum atomic E-state index is -0.240. The molecule has 2 rings (SSSR count). The third kappa shape index (κ3) is 9.44. The van der Waals surface area contributed by atoms with Gasteiger partial charge in [-0.2, -0.15) is 0 Å². The molecule has 160 valence electrons. The van der Waals surface area contributed by atoms with E-state index in [1.165, 1.54) is 11.1 Å². The van der Waals surface area contributed by atoms with Crippen molar-refractivity contribution in [1.29, 1.82) is 0 Å². The van der Waals surface area contributed by atoms with E-state index in [1.54, 1.807) is 7.11 Å². The molecule has 0 radical (unpaired) electrons. The number of benzene rings is 1. The first-order valence-corrected chi connectivity index (χ1v) is 10.7. The lowest BCUT2D eigenvalue weighted by molar-refractivity contribution is -0.154. The van der Waals surface area contributed by atoms with Crippen molar-refractivity contribution in [1.82, 2.24) is 0 Å². The van der Waals surface area contributed by atoms with Crippen LogP contribution in [0.15, 0.2) is 60.2 Å². The van der Waals surface area contributed by atoms with E-state index in [0.717, 1.165) is 38.0 Å². The molecule has 1 aliphatic heterocycles. The Morgan fingerprint density at radius 3 is 2.72 bits per heavy atom. The van der Waals surface area contributed by atoms with Crippen molar-refractivity contribution in [3.63, 3.8) is 0 Å². The van der Waals surface area contributed by atoms with Gasteiger partial charge in [-0.25, -0.2) is 0 Å². The van der Waals surface area contributed by atoms with Gasteiger partial charge < -0.3 is 18.9 Å². The molecule has 1 aromatic rings. The zero-order valence-corrected chi connectivity index (χ0v) is 18.3. The molecule has 0 fully saturated rings. The maximum Gasteiger partial charge on any atom is 0.177 e. The number of rotatable bonds is 12. The van der Waals surface area contributed by atoms with Crippen molar-refractivity contribution in [2.24, 2.45) is 0 Å². The first kappa shape index (κ1) is 23.4. The molecule has 0 spiro atoms. The van der Waals surface area contributed by atoms with Gasteiger partial charge in [0.05, 0.1) is 25.9 Å². The van der Waals surface area contributed by atoms with Crippen LogP contribution in [0.3, 0.4) is 0 Å². The summed E-state index contributed by atoms with van der Waals surface area (Å²) in [6.45, 7) is 7.63. The second-order valence-corrected chi connectivity index (χ2v) is 7.43. The van der Waals surface area contributed by atoms with Gasteiger partial charge in [-0.3, -0.25) is 0 Å². The standard InChI is InChI=1S/C25H36O4/c1-5-21(12-17-24-10-8-11-25(29-24)28-20(2)3)9-6-7-18-27-19-22-13-15-23(26-4)16-14-22/h8-9,11-17,20,24-25H,5-7,10,18-19H2,1-4H3/b17-12+,21-9-/t24-,25?/m1/s1. The highest BCUT2D eigenvalue weighted by atomic mass is 16.7.